The fourth-order valence-electron chi connectivity index (χ4n) is 3.22. The zero-order valence-corrected chi connectivity index (χ0v) is 17.7. The maximum atomic E-state index is 12.6. The van der Waals surface area contributed by atoms with Crippen LogP contribution in [0.25, 0.3) is 10.9 Å². The lowest BCUT2D eigenvalue weighted by Gasteiger charge is -2.14. The molecule has 1 heterocycles. The van der Waals surface area contributed by atoms with Crippen molar-refractivity contribution < 1.29 is 19.0 Å². The van der Waals surface area contributed by atoms with Gasteiger partial charge < -0.3 is 24.8 Å². The van der Waals surface area contributed by atoms with Crippen LogP contribution in [0.2, 0.25) is 0 Å². The van der Waals surface area contributed by atoms with Gasteiger partial charge in [-0.2, -0.15) is 0 Å². The number of nitrogens with zero attached hydrogens (tertiary/aromatic N) is 1. The highest BCUT2D eigenvalue weighted by Gasteiger charge is 2.17. The van der Waals surface area contributed by atoms with Crippen LogP contribution in [0.3, 0.4) is 0 Å². The van der Waals surface area contributed by atoms with Crippen LogP contribution >= 0.6 is 0 Å². The third-order valence-corrected chi connectivity index (χ3v) is 4.65. The van der Waals surface area contributed by atoms with Crippen molar-refractivity contribution in [1.29, 1.82) is 0 Å². The molecule has 0 fully saturated rings. The maximum Gasteiger partial charge on any atom is 0.258 e. The van der Waals surface area contributed by atoms with Gasteiger partial charge in [-0.3, -0.25) is 4.79 Å². The Hall–Kier alpha value is -3.48. The molecule has 0 atom stereocenters. The molecule has 2 N–H and O–H groups in total. The van der Waals surface area contributed by atoms with Gasteiger partial charge in [0.2, 0.25) is 0 Å². The maximum absolute atomic E-state index is 12.6. The lowest BCUT2D eigenvalue weighted by Crippen LogP contribution is -2.29. The van der Waals surface area contributed by atoms with Crippen molar-refractivity contribution >= 4 is 22.6 Å². The number of anilines is 1. The lowest BCUT2D eigenvalue weighted by atomic mass is 10.1. The summed E-state index contributed by atoms with van der Waals surface area (Å²) in [7, 11) is 3.05. The van der Waals surface area contributed by atoms with Crippen molar-refractivity contribution in [2.75, 3.05) is 39.2 Å². The predicted molar refractivity (Wildman–Crippen MR) is 118 cm³/mol. The van der Waals surface area contributed by atoms with E-state index in [4.69, 9.17) is 14.2 Å². The smallest absolute Gasteiger partial charge is 0.258 e. The van der Waals surface area contributed by atoms with Gasteiger partial charge in [0.25, 0.3) is 5.91 Å². The van der Waals surface area contributed by atoms with Gasteiger partial charge in [0.15, 0.2) is 0 Å². The van der Waals surface area contributed by atoms with Crippen LogP contribution in [0.1, 0.15) is 22.8 Å². The van der Waals surface area contributed by atoms with Gasteiger partial charge in [0.1, 0.15) is 28.6 Å². The summed E-state index contributed by atoms with van der Waals surface area (Å²) in [6, 6.07) is 13.2. The van der Waals surface area contributed by atoms with Crippen LogP contribution in [-0.2, 0) is 0 Å². The number of carbonyl (C=O) groups excluding carboxylic acids is 1. The number of benzene rings is 2. The molecule has 0 saturated carbocycles. The largest absolute Gasteiger partial charge is 0.496 e. The third-order valence-electron chi connectivity index (χ3n) is 4.65. The molecule has 1 amide bonds. The zero-order valence-electron chi connectivity index (χ0n) is 17.7. The molecule has 1 aromatic heterocycles. The molecule has 0 unspecified atom stereocenters. The van der Waals surface area contributed by atoms with Crippen LogP contribution in [0, 0.1) is 6.92 Å². The predicted octanol–water partition coefficient (Wildman–Crippen LogP) is 3.80. The van der Waals surface area contributed by atoms with Crippen LogP contribution < -0.4 is 24.8 Å². The van der Waals surface area contributed by atoms with Gasteiger partial charge in [-0.1, -0.05) is 6.07 Å². The normalized spacial score (nSPS) is 10.5. The molecule has 7 nitrogen and oxygen atoms in total. The van der Waals surface area contributed by atoms with E-state index in [2.05, 4.69) is 21.7 Å². The molecule has 0 aliphatic rings. The third kappa shape index (κ3) is 4.74. The number of carbonyl (C=O) groups is 1. The number of methoxy groups -OCH3 is 2. The average Bonchev–Trinajstić information content (AvgIpc) is 2.76. The molecule has 0 spiro atoms. The van der Waals surface area contributed by atoms with Gasteiger partial charge in [0.05, 0.1) is 26.3 Å². The second kappa shape index (κ2) is 9.82. The van der Waals surface area contributed by atoms with Gasteiger partial charge in [0, 0.05) is 18.5 Å². The molecular weight excluding hydrogens is 382 g/mol. The molecule has 7 heteroatoms. The van der Waals surface area contributed by atoms with Crippen molar-refractivity contribution in [3.63, 3.8) is 0 Å². The van der Waals surface area contributed by atoms with E-state index >= 15 is 0 Å². The first-order valence-corrected chi connectivity index (χ1v) is 9.84. The number of pyridine rings is 1. The average molecular weight is 409 g/mol. The second-order valence-corrected chi connectivity index (χ2v) is 6.66. The summed E-state index contributed by atoms with van der Waals surface area (Å²) in [6.45, 7) is 5.54. The van der Waals surface area contributed by atoms with E-state index in [1.165, 1.54) is 14.2 Å². The summed E-state index contributed by atoms with van der Waals surface area (Å²) in [4.78, 5) is 17.3. The Morgan fingerprint density at radius 3 is 2.43 bits per heavy atom. The number of ether oxygens (including phenoxy) is 3. The second-order valence-electron chi connectivity index (χ2n) is 6.66. The Bertz CT molecular complexity index is 1010. The van der Waals surface area contributed by atoms with E-state index in [0.29, 0.717) is 36.8 Å². The van der Waals surface area contributed by atoms with Crippen LogP contribution in [0.5, 0.6) is 17.2 Å². The number of nitrogens with one attached hydrogen (secondary N) is 2. The molecule has 3 aromatic rings. The number of hydrogen-bond donors (Lipinski definition) is 2. The number of hydrogen-bond acceptors (Lipinski definition) is 6. The first-order valence-electron chi connectivity index (χ1n) is 9.84. The number of aromatic nitrogens is 1. The van der Waals surface area contributed by atoms with E-state index in [0.717, 1.165) is 28.0 Å². The highest BCUT2D eigenvalue weighted by atomic mass is 16.5. The number of aryl methyl sites for hydroxylation is 1. The van der Waals surface area contributed by atoms with Crippen LogP contribution in [0.15, 0.2) is 42.5 Å². The van der Waals surface area contributed by atoms with E-state index in [1.807, 2.05) is 32.0 Å². The highest BCUT2D eigenvalue weighted by molar-refractivity contribution is 5.99. The van der Waals surface area contributed by atoms with E-state index in [1.54, 1.807) is 18.2 Å². The molecule has 0 radical (unpaired) electrons. The Labute approximate surface area is 176 Å². The molecule has 2 aromatic carbocycles. The Balaban J connectivity index is 1.63. The minimum Gasteiger partial charge on any atom is -0.496 e. The molecular formula is C23H27N3O4. The van der Waals surface area contributed by atoms with Crippen molar-refractivity contribution in [1.82, 2.24) is 10.3 Å². The monoisotopic (exact) mass is 409 g/mol. The van der Waals surface area contributed by atoms with E-state index < -0.39 is 0 Å². The van der Waals surface area contributed by atoms with E-state index in [9.17, 15) is 4.79 Å². The summed E-state index contributed by atoms with van der Waals surface area (Å²) in [5.41, 5.74) is 2.29. The van der Waals surface area contributed by atoms with Gasteiger partial charge in [-0.25, -0.2) is 4.98 Å². The molecule has 0 saturated heterocycles. The van der Waals surface area contributed by atoms with Crippen LogP contribution in [-0.4, -0.2) is 44.8 Å². The highest BCUT2D eigenvalue weighted by Crippen LogP contribution is 2.28. The molecule has 30 heavy (non-hydrogen) atoms. The first kappa shape index (κ1) is 21.2. The fourth-order valence-corrected chi connectivity index (χ4v) is 3.22. The van der Waals surface area contributed by atoms with Crippen molar-refractivity contribution in [2.24, 2.45) is 0 Å². The zero-order chi connectivity index (χ0) is 21.5. The van der Waals surface area contributed by atoms with Crippen molar-refractivity contribution in [2.45, 2.75) is 13.8 Å². The molecule has 0 aliphatic carbocycles. The van der Waals surface area contributed by atoms with Crippen molar-refractivity contribution in [3.8, 4) is 17.2 Å². The summed E-state index contributed by atoms with van der Waals surface area (Å²) >= 11 is 0. The topological polar surface area (TPSA) is 81.7 Å². The molecule has 0 aliphatic heterocycles. The Kier molecular flexibility index (Phi) is 6.95. The van der Waals surface area contributed by atoms with Crippen LogP contribution in [0.4, 0.5) is 5.82 Å². The quantitative estimate of drug-likeness (QED) is 0.523. The number of fused-ring (bicyclic) bond motifs is 1. The summed E-state index contributed by atoms with van der Waals surface area (Å²) in [5.74, 6) is 2.31. The summed E-state index contributed by atoms with van der Waals surface area (Å²) in [6.07, 6.45) is 0. The minimum absolute atomic E-state index is 0.252. The first-order chi connectivity index (χ1) is 14.6. The summed E-state index contributed by atoms with van der Waals surface area (Å²) < 4.78 is 16.1. The summed E-state index contributed by atoms with van der Waals surface area (Å²) in [5, 5.41) is 7.21. The molecule has 3 rings (SSSR count). The van der Waals surface area contributed by atoms with Crippen molar-refractivity contribution in [3.05, 3.63) is 53.6 Å². The van der Waals surface area contributed by atoms with Gasteiger partial charge >= 0.3 is 0 Å². The Morgan fingerprint density at radius 1 is 1.03 bits per heavy atom. The Morgan fingerprint density at radius 2 is 1.77 bits per heavy atom. The minimum atomic E-state index is -0.252. The molecule has 0 bridgehead atoms. The lowest BCUT2D eigenvalue weighted by molar-refractivity contribution is 0.0949. The number of amides is 1. The number of rotatable bonds is 9. The van der Waals surface area contributed by atoms with E-state index in [-0.39, 0.29) is 5.91 Å². The standard InChI is InChI=1S/C23H27N3O4/c1-5-30-17-9-10-18-16(14-17)13-15(2)22(26-18)24-11-12-25-23(27)21-19(28-3)7-6-8-20(21)29-4/h6-10,13-14H,5,11-12H2,1-4H3,(H,24,26)(H,25,27). The fraction of sp³-hybridized carbons (Fsp3) is 0.304. The SMILES string of the molecule is CCOc1ccc2nc(NCCNC(=O)c3c(OC)cccc3OC)c(C)cc2c1. The van der Waals surface area contributed by atoms with Gasteiger partial charge in [-0.15, -0.1) is 0 Å². The molecule has 158 valence electrons. The van der Waals surface area contributed by atoms with Gasteiger partial charge in [-0.05, 0) is 55.8 Å².